The summed E-state index contributed by atoms with van der Waals surface area (Å²) in [5, 5.41) is 4.65. The molecule has 0 bridgehead atoms. The summed E-state index contributed by atoms with van der Waals surface area (Å²) in [6.45, 7) is 1.64. The van der Waals surface area contributed by atoms with E-state index in [0.29, 0.717) is 49.1 Å². The first-order valence-electron chi connectivity index (χ1n) is 9.19. The molecule has 5 rings (SSSR count). The van der Waals surface area contributed by atoms with Crippen molar-refractivity contribution in [3.05, 3.63) is 54.9 Å². The molecule has 3 aromatic heterocycles. The number of pyridine rings is 1. The molecule has 0 radical (unpaired) electrons. The van der Waals surface area contributed by atoms with Crippen LogP contribution < -0.4 is 4.90 Å². The van der Waals surface area contributed by atoms with Gasteiger partial charge in [-0.2, -0.15) is 9.29 Å². The standard InChI is InChI=1S/C19H18N6O3S/c26-29(27,16-13-21-17-15(16)7-4-8-20-17)25-11-9-24(10-12-25)19-22-18(28-23-19)14-5-2-1-3-6-14/h1-8,13H,9-12H2,(H,20,21). The van der Waals surface area contributed by atoms with Crippen molar-refractivity contribution in [2.24, 2.45) is 0 Å². The fourth-order valence-electron chi connectivity index (χ4n) is 3.45. The van der Waals surface area contributed by atoms with Gasteiger partial charge in [-0.15, -0.1) is 0 Å². The summed E-state index contributed by atoms with van der Waals surface area (Å²) in [4.78, 5) is 13.7. The maximum atomic E-state index is 13.1. The largest absolute Gasteiger partial charge is 0.345 e. The third kappa shape index (κ3) is 3.15. The van der Waals surface area contributed by atoms with Crippen LogP contribution in [0, 0.1) is 0 Å². The summed E-state index contributed by atoms with van der Waals surface area (Å²) in [5.74, 6) is 0.916. The van der Waals surface area contributed by atoms with Gasteiger partial charge < -0.3 is 14.4 Å². The van der Waals surface area contributed by atoms with Gasteiger partial charge in [0, 0.05) is 49.5 Å². The van der Waals surface area contributed by atoms with Crippen molar-refractivity contribution in [1.29, 1.82) is 0 Å². The average Bonchev–Trinajstić information content (AvgIpc) is 3.42. The number of nitrogens with zero attached hydrogens (tertiary/aromatic N) is 5. The molecular formula is C19H18N6O3S. The number of hydrogen-bond donors (Lipinski definition) is 1. The van der Waals surface area contributed by atoms with Crippen LogP contribution in [0.15, 0.2) is 64.3 Å². The lowest BCUT2D eigenvalue weighted by Gasteiger charge is -2.32. The highest BCUT2D eigenvalue weighted by molar-refractivity contribution is 7.89. The highest BCUT2D eigenvalue weighted by atomic mass is 32.2. The molecule has 9 nitrogen and oxygen atoms in total. The van der Waals surface area contributed by atoms with E-state index >= 15 is 0 Å². The Hall–Kier alpha value is -3.24. The Morgan fingerprint density at radius 3 is 2.59 bits per heavy atom. The van der Waals surface area contributed by atoms with Crippen molar-refractivity contribution in [1.82, 2.24) is 24.4 Å². The van der Waals surface area contributed by atoms with Gasteiger partial charge in [0.15, 0.2) is 0 Å². The summed E-state index contributed by atoms with van der Waals surface area (Å²) in [6, 6.07) is 13.0. The second-order valence-electron chi connectivity index (χ2n) is 6.71. The van der Waals surface area contributed by atoms with Gasteiger partial charge >= 0.3 is 0 Å². The molecule has 1 aromatic carbocycles. The number of nitrogens with one attached hydrogen (secondary N) is 1. The van der Waals surface area contributed by atoms with Gasteiger partial charge in [-0.25, -0.2) is 13.4 Å². The highest BCUT2D eigenvalue weighted by Crippen LogP contribution is 2.26. The molecule has 0 spiro atoms. The minimum Gasteiger partial charge on any atom is -0.345 e. The minimum atomic E-state index is -3.62. The molecule has 0 unspecified atom stereocenters. The summed E-state index contributed by atoms with van der Waals surface area (Å²) in [6.07, 6.45) is 3.13. The number of anilines is 1. The van der Waals surface area contributed by atoms with E-state index < -0.39 is 10.0 Å². The van der Waals surface area contributed by atoms with E-state index in [1.54, 1.807) is 18.3 Å². The number of rotatable bonds is 4. The van der Waals surface area contributed by atoms with E-state index in [1.165, 1.54) is 10.5 Å². The highest BCUT2D eigenvalue weighted by Gasteiger charge is 2.31. The van der Waals surface area contributed by atoms with Crippen molar-refractivity contribution in [3.63, 3.8) is 0 Å². The first-order chi connectivity index (χ1) is 14.1. The molecule has 0 atom stereocenters. The summed E-state index contributed by atoms with van der Waals surface area (Å²) >= 11 is 0. The molecule has 1 aliphatic rings. The molecule has 4 heterocycles. The Bertz CT molecular complexity index is 1240. The maximum Gasteiger partial charge on any atom is 0.266 e. The average molecular weight is 410 g/mol. The monoisotopic (exact) mass is 410 g/mol. The third-order valence-corrected chi connectivity index (χ3v) is 6.93. The van der Waals surface area contributed by atoms with Crippen LogP contribution in [-0.4, -0.2) is 59.0 Å². The molecule has 148 valence electrons. The lowest BCUT2D eigenvalue weighted by Crippen LogP contribution is -2.49. The number of H-pyrrole nitrogens is 1. The molecule has 1 aliphatic heterocycles. The third-order valence-electron chi connectivity index (χ3n) is 4.99. The molecular weight excluding hydrogens is 392 g/mol. The normalized spacial score (nSPS) is 15.8. The zero-order valence-electron chi connectivity index (χ0n) is 15.4. The van der Waals surface area contributed by atoms with Crippen LogP contribution in [0.5, 0.6) is 0 Å². The van der Waals surface area contributed by atoms with Crippen molar-refractivity contribution >= 4 is 27.0 Å². The fourth-order valence-corrected chi connectivity index (χ4v) is 5.03. The summed E-state index contributed by atoms with van der Waals surface area (Å²) in [5.41, 5.74) is 1.41. The molecule has 1 N–H and O–H groups in total. The Balaban J connectivity index is 1.32. The number of fused-ring (bicyclic) bond motifs is 1. The summed E-state index contributed by atoms with van der Waals surface area (Å²) < 4.78 is 33.1. The van der Waals surface area contributed by atoms with E-state index in [4.69, 9.17) is 4.52 Å². The fraction of sp³-hybridized carbons (Fsp3) is 0.211. The maximum absolute atomic E-state index is 13.1. The smallest absolute Gasteiger partial charge is 0.266 e. The Morgan fingerprint density at radius 1 is 1.00 bits per heavy atom. The van der Waals surface area contributed by atoms with E-state index in [0.717, 1.165) is 5.56 Å². The number of aromatic amines is 1. The molecule has 1 saturated heterocycles. The van der Waals surface area contributed by atoms with Crippen molar-refractivity contribution in [3.8, 4) is 11.5 Å². The summed E-state index contributed by atoms with van der Waals surface area (Å²) in [7, 11) is -3.62. The SMILES string of the molecule is O=S(=O)(c1c[nH]c2ncccc12)N1CCN(c2noc(-c3ccccc3)n2)CC1. The molecule has 29 heavy (non-hydrogen) atoms. The van der Waals surface area contributed by atoms with Crippen LogP contribution in [0.25, 0.3) is 22.5 Å². The molecule has 1 fully saturated rings. The van der Waals surface area contributed by atoms with Crippen LogP contribution in [0.2, 0.25) is 0 Å². The number of hydrogen-bond acceptors (Lipinski definition) is 7. The van der Waals surface area contributed by atoms with Gasteiger partial charge in [0.25, 0.3) is 11.8 Å². The van der Waals surface area contributed by atoms with Crippen molar-refractivity contribution in [2.45, 2.75) is 4.90 Å². The number of aromatic nitrogens is 4. The number of benzene rings is 1. The number of piperazine rings is 1. The van der Waals surface area contributed by atoms with Gasteiger partial charge in [0.1, 0.15) is 10.5 Å². The van der Waals surface area contributed by atoms with Gasteiger partial charge in [-0.05, 0) is 29.4 Å². The van der Waals surface area contributed by atoms with E-state index in [-0.39, 0.29) is 4.90 Å². The second-order valence-corrected chi connectivity index (χ2v) is 8.62. The van der Waals surface area contributed by atoms with E-state index in [9.17, 15) is 8.42 Å². The topological polar surface area (TPSA) is 108 Å². The van der Waals surface area contributed by atoms with Crippen LogP contribution in [0.3, 0.4) is 0 Å². The first-order valence-corrected chi connectivity index (χ1v) is 10.6. The molecule has 4 aromatic rings. The van der Waals surface area contributed by atoms with Gasteiger partial charge in [0.2, 0.25) is 10.0 Å². The predicted octanol–water partition coefficient (Wildman–Crippen LogP) is 2.12. The van der Waals surface area contributed by atoms with E-state index in [1.807, 2.05) is 35.2 Å². The van der Waals surface area contributed by atoms with Crippen molar-refractivity contribution < 1.29 is 12.9 Å². The molecule has 0 aliphatic carbocycles. The molecule has 0 saturated carbocycles. The van der Waals surface area contributed by atoms with E-state index in [2.05, 4.69) is 20.1 Å². The van der Waals surface area contributed by atoms with Gasteiger partial charge in [-0.3, -0.25) is 0 Å². The Labute approximate surface area is 167 Å². The lowest BCUT2D eigenvalue weighted by atomic mass is 10.2. The lowest BCUT2D eigenvalue weighted by molar-refractivity contribution is 0.377. The molecule has 0 amide bonds. The minimum absolute atomic E-state index is 0.250. The first kappa shape index (κ1) is 17.8. The molecule has 10 heteroatoms. The van der Waals surface area contributed by atoms with Crippen LogP contribution in [0.4, 0.5) is 5.95 Å². The zero-order chi connectivity index (χ0) is 19.8. The number of sulfonamides is 1. The van der Waals surface area contributed by atoms with Crippen molar-refractivity contribution in [2.75, 3.05) is 31.1 Å². The zero-order valence-corrected chi connectivity index (χ0v) is 16.2. The Morgan fingerprint density at radius 2 is 1.79 bits per heavy atom. The quantitative estimate of drug-likeness (QED) is 0.549. The second kappa shape index (κ2) is 6.98. The Kier molecular flexibility index (Phi) is 4.29. The van der Waals surface area contributed by atoms with Crippen LogP contribution in [-0.2, 0) is 10.0 Å². The van der Waals surface area contributed by atoms with Crippen LogP contribution >= 0.6 is 0 Å². The predicted molar refractivity (Wildman–Crippen MR) is 107 cm³/mol. The van der Waals surface area contributed by atoms with Crippen LogP contribution in [0.1, 0.15) is 0 Å². The van der Waals surface area contributed by atoms with Gasteiger partial charge in [-0.1, -0.05) is 18.2 Å². The van der Waals surface area contributed by atoms with Gasteiger partial charge in [0.05, 0.1) is 0 Å².